The van der Waals surface area contributed by atoms with Gasteiger partial charge in [-0.25, -0.2) is 0 Å². The van der Waals surface area contributed by atoms with Crippen LogP contribution in [0.4, 0.5) is 11.4 Å². The van der Waals surface area contributed by atoms with Crippen LogP contribution >= 0.6 is 0 Å². The summed E-state index contributed by atoms with van der Waals surface area (Å²) in [5.74, 6) is -0.863. The second-order valence-corrected chi connectivity index (χ2v) is 10.7. The van der Waals surface area contributed by atoms with Gasteiger partial charge in [-0.05, 0) is 66.0 Å². The smallest absolute Gasteiger partial charge is 0.227 e. The van der Waals surface area contributed by atoms with Crippen molar-refractivity contribution in [1.82, 2.24) is 0 Å². The minimum absolute atomic E-state index is 0.00212. The summed E-state index contributed by atoms with van der Waals surface area (Å²) < 4.78 is 0. The lowest BCUT2D eigenvalue weighted by Crippen LogP contribution is -2.52. The third-order valence-electron chi connectivity index (χ3n) is 7.30. The van der Waals surface area contributed by atoms with Crippen LogP contribution in [0, 0.1) is 10.8 Å². The van der Waals surface area contributed by atoms with Gasteiger partial charge in [0.05, 0.1) is 0 Å². The monoisotopic (exact) mass is 520 g/mol. The van der Waals surface area contributed by atoms with Crippen LogP contribution in [-0.4, -0.2) is 30.0 Å². The summed E-state index contributed by atoms with van der Waals surface area (Å²) in [4.78, 5) is 11.3. The van der Waals surface area contributed by atoms with Crippen LogP contribution in [0.25, 0.3) is 0 Å². The van der Waals surface area contributed by atoms with Crippen molar-refractivity contribution in [2.75, 3.05) is 9.80 Å². The van der Waals surface area contributed by atoms with Crippen molar-refractivity contribution in [2.24, 2.45) is 32.9 Å². The first kappa shape index (κ1) is 30.1. The highest BCUT2D eigenvalue weighted by Gasteiger charge is 2.30. The molecule has 2 rings (SSSR count). The zero-order valence-electron chi connectivity index (χ0n) is 23.7. The van der Waals surface area contributed by atoms with E-state index in [1.54, 1.807) is 9.80 Å². The molecule has 0 aliphatic rings. The Morgan fingerprint density at radius 3 is 1.21 bits per heavy atom. The number of rotatable bonds is 8. The molecule has 206 valence electrons. The number of hydrogen-bond donors (Lipinski definition) is 6. The van der Waals surface area contributed by atoms with Crippen LogP contribution in [0.5, 0.6) is 0 Å². The predicted molar refractivity (Wildman–Crippen MR) is 161 cm³/mol. The van der Waals surface area contributed by atoms with E-state index in [0.29, 0.717) is 11.4 Å². The van der Waals surface area contributed by atoms with Gasteiger partial charge in [0.15, 0.2) is 11.9 Å². The number of hydrogen-bond acceptors (Lipinski definition) is 2. The summed E-state index contributed by atoms with van der Waals surface area (Å²) in [6.07, 6.45) is 1.30. The van der Waals surface area contributed by atoms with Gasteiger partial charge in [0.2, 0.25) is 11.9 Å². The van der Waals surface area contributed by atoms with Gasteiger partial charge in [-0.3, -0.25) is 20.6 Å². The number of aliphatic imine (C=N–C) groups is 2. The van der Waals surface area contributed by atoms with Crippen molar-refractivity contribution in [3.63, 3.8) is 0 Å². The average molecular weight is 521 g/mol. The lowest BCUT2D eigenvalue weighted by molar-refractivity contribution is 0.506. The van der Waals surface area contributed by atoms with Crippen LogP contribution in [0.2, 0.25) is 0 Å². The fourth-order valence-corrected chi connectivity index (χ4v) is 4.05. The largest absolute Gasteiger partial charge is 0.370 e. The van der Waals surface area contributed by atoms with Crippen LogP contribution in [0.15, 0.2) is 58.5 Å². The maximum absolute atomic E-state index is 8.73. The zero-order chi connectivity index (χ0) is 28.8. The molecule has 0 fully saturated rings. The molecule has 0 aliphatic carbocycles. The summed E-state index contributed by atoms with van der Waals surface area (Å²) in [7, 11) is 0. The topological polar surface area (TPSA) is 183 Å². The Morgan fingerprint density at radius 2 is 0.974 bits per heavy atom. The SMILES string of the molecule is CCC(C)(C)c1ccc(N(C(=N)N=C(N)N)C(C)N(C(=N)N=C(N)N)c2ccc(C(C)(C)CC)cc2)cc1. The van der Waals surface area contributed by atoms with Crippen LogP contribution in [0.3, 0.4) is 0 Å². The molecular formula is C28H44N10. The van der Waals surface area contributed by atoms with Gasteiger partial charge < -0.3 is 22.9 Å². The van der Waals surface area contributed by atoms with E-state index >= 15 is 0 Å². The van der Waals surface area contributed by atoms with Crippen LogP contribution in [0.1, 0.15) is 72.4 Å². The lowest BCUT2D eigenvalue weighted by Gasteiger charge is -2.38. The van der Waals surface area contributed by atoms with E-state index in [1.807, 2.05) is 55.5 Å². The van der Waals surface area contributed by atoms with Crippen LogP contribution < -0.4 is 32.7 Å². The molecule has 0 aliphatic heterocycles. The summed E-state index contributed by atoms with van der Waals surface area (Å²) in [6.45, 7) is 14.9. The molecule has 0 spiro atoms. The molecule has 0 amide bonds. The maximum Gasteiger partial charge on any atom is 0.227 e. The van der Waals surface area contributed by atoms with Gasteiger partial charge >= 0.3 is 0 Å². The molecular weight excluding hydrogens is 476 g/mol. The number of nitrogens with one attached hydrogen (secondary N) is 2. The second-order valence-electron chi connectivity index (χ2n) is 10.7. The molecule has 0 atom stereocenters. The molecule has 0 saturated carbocycles. The fourth-order valence-electron chi connectivity index (χ4n) is 4.05. The molecule has 38 heavy (non-hydrogen) atoms. The van der Waals surface area contributed by atoms with Gasteiger partial charge in [-0.1, -0.05) is 65.8 Å². The molecule has 10 N–H and O–H groups in total. The minimum Gasteiger partial charge on any atom is -0.370 e. The fraction of sp³-hybridized carbons (Fsp3) is 0.429. The van der Waals surface area contributed by atoms with Crippen molar-refractivity contribution in [1.29, 1.82) is 10.8 Å². The molecule has 2 aromatic rings. The summed E-state index contributed by atoms with van der Waals surface area (Å²) in [5, 5.41) is 17.5. The third kappa shape index (κ3) is 7.02. The highest BCUT2D eigenvalue weighted by atomic mass is 15.4. The summed E-state index contributed by atoms with van der Waals surface area (Å²) >= 11 is 0. The Labute approximate surface area is 226 Å². The van der Waals surface area contributed by atoms with Crippen molar-refractivity contribution >= 4 is 35.2 Å². The van der Waals surface area contributed by atoms with E-state index in [-0.39, 0.29) is 34.7 Å². The van der Waals surface area contributed by atoms with E-state index in [4.69, 9.17) is 33.8 Å². The molecule has 10 heteroatoms. The van der Waals surface area contributed by atoms with E-state index < -0.39 is 6.17 Å². The number of benzene rings is 2. The summed E-state index contributed by atoms with van der Waals surface area (Å²) in [5.41, 5.74) is 26.3. The van der Waals surface area contributed by atoms with Gasteiger partial charge in [0, 0.05) is 11.4 Å². The minimum atomic E-state index is -0.656. The highest BCUT2D eigenvalue weighted by Crippen LogP contribution is 2.32. The van der Waals surface area contributed by atoms with Gasteiger partial charge in [-0.15, -0.1) is 0 Å². The maximum atomic E-state index is 8.73. The highest BCUT2D eigenvalue weighted by molar-refractivity contribution is 6.06. The first-order chi connectivity index (χ1) is 17.6. The first-order valence-electron chi connectivity index (χ1n) is 12.8. The number of anilines is 2. The zero-order valence-corrected chi connectivity index (χ0v) is 23.7. The molecule has 0 heterocycles. The third-order valence-corrected chi connectivity index (χ3v) is 7.30. The number of nitrogens with two attached hydrogens (primary N) is 4. The Hall–Kier alpha value is -4.08. The van der Waals surface area contributed by atoms with E-state index in [2.05, 4.69) is 51.5 Å². The molecule has 0 unspecified atom stereocenters. The standard InChI is InChI=1S/C28H44N10/c1-8-27(4,5)19-10-14-21(15-11-19)37(25(33)35-23(29)30)18(3)38(26(34)36-24(31)32)22-16-12-20(13-17-22)28(6,7)9-2/h10-18H,8-9H2,1-7H3,(H5,29,30,33,35)(H5,31,32,34,36). The van der Waals surface area contributed by atoms with Crippen molar-refractivity contribution in [3.8, 4) is 0 Å². The van der Waals surface area contributed by atoms with Gasteiger partial charge in [0.1, 0.15) is 6.17 Å². The normalized spacial score (nSPS) is 12.3. The van der Waals surface area contributed by atoms with Gasteiger partial charge in [-0.2, -0.15) is 9.98 Å². The Bertz CT molecular complexity index is 1080. The molecule has 0 aromatic heterocycles. The molecule has 10 nitrogen and oxygen atoms in total. The van der Waals surface area contributed by atoms with E-state index in [1.165, 1.54) is 11.1 Å². The van der Waals surface area contributed by atoms with Crippen molar-refractivity contribution in [3.05, 3.63) is 59.7 Å². The van der Waals surface area contributed by atoms with E-state index in [9.17, 15) is 0 Å². The first-order valence-corrected chi connectivity index (χ1v) is 12.8. The lowest BCUT2D eigenvalue weighted by atomic mass is 9.82. The van der Waals surface area contributed by atoms with Crippen molar-refractivity contribution < 1.29 is 0 Å². The molecule has 2 aromatic carbocycles. The molecule has 0 bridgehead atoms. The summed E-state index contributed by atoms with van der Waals surface area (Å²) in [6, 6.07) is 15.8. The van der Waals surface area contributed by atoms with Crippen LogP contribution in [-0.2, 0) is 10.8 Å². The van der Waals surface area contributed by atoms with E-state index in [0.717, 1.165) is 12.8 Å². The average Bonchev–Trinajstić information content (AvgIpc) is 2.84. The van der Waals surface area contributed by atoms with Crippen molar-refractivity contribution in [2.45, 2.75) is 78.3 Å². The Morgan fingerprint density at radius 1 is 0.684 bits per heavy atom. The quantitative estimate of drug-likeness (QED) is 0.173. The Balaban J connectivity index is 2.66. The second kappa shape index (κ2) is 12.0. The van der Waals surface area contributed by atoms with Gasteiger partial charge in [0.25, 0.3) is 0 Å². The molecule has 0 radical (unpaired) electrons. The number of nitrogens with zero attached hydrogens (tertiary/aromatic N) is 4. The number of guanidine groups is 4. The molecule has 0 saturated heterocycles. The Kier molecular flexibility index (Phi) is 9.50. The predicted octanol–water partition coefficient (Wildman–Crippen LogP) is 4.14.